The van der Waals surface area contributed by atoms with E-state index in [1.807, 2.05) is 0 Å². The fourth-order valence-electron chi connectivity index (χ4n) is 3.44. The van der Waals surface area contributed by atoms with E-state index in [2.05, 4.69) is 10.3 Å². The number of hydrogen-bond acceptors (Lipinski definition) is 3. The molecule has 0 radical (unpaired) electrons. The molecule has 1 aromatic heterocycles. The summed E-state index contributed by atoms with van der Waals surface area (Å²) in [5, 5.41) is 3.86. The van der Waals surface area contributed by atoms with Gasteiger partial charge in [0.25, 0.3) is 0 Å². The lowest BCUT2D eigenvalue weighted by atomic mass is 9.89. The number of nitrogens with zero attached hydrogens (tertiary/aromatic N) is 1. The van der Waals surface area contributed by atoms with E-state index in [4.69, 9.17) is 17.3 Å². The third-order valence-electron chi connectivity index (χ3n) is 4.31. The van der Waals surface area contributed by atoms with Crippen LogP contribution in [0.15, 0.2) is 12.1 Å². The largest absolute Gasteiger partial charge is 0.396 e. The van der Waals surface area contributed by atoms with Gasteiger partial charge in [0.2, 0.25) is 0 Å². The first-order valence-electron chi connectivity index (χ1n) is 6.38. The van der Waals surface area contributed by atoms with E-state index in [9.17, 15) is 0 Å². The Morgan fingerprint density at radius 3 is 2.94 bits per heavy atom. The highest BCUT2D eigenvalue weighted by Crippen LogP contribution is 2.48. The van der Waals surface area contributed by atoms with E-state index in [1.165, 1.54) is 25.7 Å². The van der Waals surface area contributed by atoms with Crippen LogP contribution in [0.3, 0.4) is 0 Å². The number of halogens is 1. The van der Waals surface area contributed by atoms with E-state index in [0.29, 0.717) is 10.8 Å². The summed E-state index contributed by atoms with van der Waals surface area (Å²) >= 11 is 5.87. The van der Waals surface area contributed by atoms with Crippen molar-refractivity contribution in [1.29, 1.82) is 0 Å². The van der Waals surface area contributed by atoms with Crippen LogP contribution in [0.5, 0.6) is 0 Å². The van der Waals surface area contributed by atoms with Crippen molar-refractivity contribution in [1.82, 2.24) is 4.98 Å². The quantitative estimate of drug-likeness (QED) is 0.812. The van der Waals surface area contributed by atoms with Crippen molar-refractivity contribution in [3.8, 4) is 0 Å². The maximum Gasteiger partial charge on any atom is 0.150 e. The highest BCUT2D eigenvalue weighted by molar-refractivity contribution is 6.29. The Labute approximate surface area is 107 Å². The Morgan fingerprint density at radius 1 is 1.35 bits per heavy atom. The van der Waals surface area contributed by atoms with E-state index < -0.39 is 0 Å². The van der Waals surface area contributed by atoms with Crippen molar-refractivity contribution < 1.29 is 0 Å². The number of nitrogens with two attached hydrogens (primary N) is 1. The maximum atomic E-state index is 5.87. The molecule has 2 bridgehead atoms. The van der Waals surface area contributed by atoms with Crippen molar-refractivity contribution in [2.24, 2.45) is 17.8 Å². The predicted octanol–water partition coefficient (Wildman–Crippen LogP) is 3.17. The normalized spacial score (nSPS) is 30.8. The molecule has 17 heavy (non-hydrogen) atoms. The standard InChI is InChI=1S/C13H18ClN3/c14-12-4-3-11(15)13(17-12)16-7-10-6-8-1-2-9(10)5-8/h3-4,8-10H,1-2,5-7,15H2,(H,16,17). The van der Waals surface area contributed by atoms with Gasteiger partial charge in [0, 0.05) is 6.54 Å². The van der Waals surface area contributed by atoms with Gasteiger partial charge in [-0.25, -0.2) is 4.98 Å². The van der Waals surface area contributed by atoms with Crippen molar-refractivity contribution in [3.63, 3.8) is 0 Å². The Bertz CT molecular complexity index is 421. The van der Waals surface area contributed by atoms with E-state index in [1.54, 1.807) is 12.1 Å². The lowest BCUT2D eigenvalue weighted by molar-refractivity contribution is 0.348. The number of anilines is 2. The van der Waals surface area contributed by atoms with Gasteiger partial charge < -0.3 is 11.1 Å². The minimum Gasteiger partial charge on any atom is -0.396 e. The SMILES string of the molecule is Nc1ccc(Cl)nc1NCC1CC2CCC1C2. The number of hydrogen-bond donors (Lipinski definition) is 2. The van der Waals surface area contributed by atoms with E-state index in [-0.39, 0.29) is 0 Å². The zero-order chi connectivity index (χ0) is 11.8. The van der Waals surface area contributed by atoms with Gasteiger partial charge in [-0.3, -0.25) is 0 Å². The summed E-state index contributed by atoms with van der Waals surface area (Å²) in [6, 6.07) is 3.53. The van der Waals surface area contributed by atoms with Crippen molar-refractivity contribution in [2.75, 3.05) is 17.6 Å². The Hall–Kier alpha value is -0.960. The van der Waals surface area contributed by atoms with Crippen LogP contribution in [0, 0.1) is 17.8 Å². The molecule has 92 valence electrons. The molecule has 0 amide bonds. The molecule has 1 aromatic rings. The molecule has 2 saturated carbocycles. The lowest BCUT2D eigenvalue weighted by Crippen LogP contribution is -2.21. The van der Waals surface area contributed by atoms with Gasteiger partial charge in [0.1, 0.15) is 5.15 Å². The molecule has 2 aliphatic carbocycles. The molecule has 2 aliphatic rings. The molecule has 3 unspecified atom stereocenters. The number of nitrogens with one attached hydrogen (secondary N) is 1. The van der Waals surface area contributed by atoms with Crippen LogP contribution in [0.1, 0.15) is 25.7 Å². The smallest absolute Gasteiger partial charge is 0.150 e. The first-order valence-corrected chi connectivity index (χ1v) is 6.76. The van der Waals surface area contributed by atoms with Crippen molar-refractivity contribution in [3.05, 3.63) is 17.3 Å². The summed E-state index contributed by atoms with van der Waals surface area (Å²) in [4.78, 5) is 4.23. The molecule has 4 heteroatoms. The number of pyridine rings is 1. The number of fused-ring (bicyclic) bond motifs is 2. The molecule has 0 aromatic carbocycles. The lowest BCUT2D eigenvalue weighted by Gasteiger charge is -2.22. The topological polar surface area (TPSA) is 50.9 Å². The number of rotatable bonds is 3. The van der Waals surface area contributed by atoms with Gasteiger partial charge in [-0.1, -0.05) is 18.0 Å². The fraction of sp³-hybridized carbons (Fsp3) is 0.615. The third kappa shape index (κ3) is 2.21. The molecule has 0 saturated heterocycles. The zero-order valence-corrected chi connectivity index (χ0v) is 10.6. The average Bonchev–Trinajstić information content (AvgIpc) is 2.92. The van der Waals surface area contributed by atoms with Gasteiger partial charge in [0.05, 0.1) is 5.69 Å². The first kappa shape index (κ1) is 11.1. The summed E-state index contributed by atoms with van der Waals surface area (Å²) < 4.78 is 0. The van der Waals surface area contributed by atoms with Crippen LogP contribution in [-0.4, -0.2) is 11.5 Å². The van der Waals surface area contributed by atoms with Gasteiger partial charge in [-0.05, 0) is 49.1 Å². The average molecular weight is 252 g/mol. The monoisotopic (exact) mass is 251 g/mol. The molecule has 1 heterocycles. The van der Waals surface area contributed by atoms with Crippen molar-refractivity contribution >= 4 is 23.1 Å². The van der Waals surface area contributed by atoms with Gasteiger partial charge >= 0.3 is 0 Å². The molecule has 0 aliphatic heterocycles. The highest BCUT2D eigenvalue weighted by Gasteiger charge is 2.39. The van der Waals surface area contributed by atoms with Gasteiger partial charge in [-0.2, -0.15) is 0 Å². The van der Waals surface area contributed by atoms with Gasteiger partial charge in [0.15, 0.2) is 5.82 Å². The first-order chi connectivity index (χ1) is 8.22. The molecular weight excluding hydrogens is 234 g/mol. The van der Waals surface area contributed by atoms with Crippen LogP contribution in [0.25, 0.3) is 0 Å². The molecule has 2 fully saturated rings. The van der Waals surface area contributed by atoms with E-state index >= 15 is 0 Å². The minimum absolute atomic E-state index is 0.495. The second-order valence-corrected chi connectivity index (χ2v) is 5.77. The molecule has 0 spiro atoms. The molecule has 3 nitrogen and oxygen atoms in total. The maximum absolute atomic E-state index is 5.87. The second kappa shape index (κ2) is 4.37. The highest BCUT2D eigenvalue weighted by atomic mass is 35.5. The van der Waals surface area contributed by atoms with E-state index in [0.717, 1.165) is 30.1 Å². The second-order valence-electron chi connectivity index (χ2n) is 5.39. The number of nitrogen functional groups attached to an aromatic ring is 1. The Kier molecular flexibility index (Phi) is 2.87. The summed E-state index contributed by atoms with van der Waals surface area (Å²) in [6.45, 7) is 0.985. The molecule has 3 atom stereocenters. The molecule has 3 rings (SSSR count). The predicted molar refractivity (Wildman–Crippen MR) is 71.1 cm³/mol. The molecular formula is C13H18ClN3. The minimum atomic E-state index is 0.495. The summed E-state index contributed by atoms with van der Waals surface area (Å²) in [7, 11) is 0. The Morgan fingerprint density at radius 2 is 2.24 bits per heavy atom. The van der Waals surface area contributed by atoms with Crippen LogP contribution in [0.4, 0.5) is 11.5 Å². The third-order valence-corrected chi connectivity index (χ3v) is 4.52. The van der Waals surface area contributed by atoms with Crippen molar-refractivity contribution in [2.45, 2.75) is 25.7 Å². The van der Waals surface area contributed by atoms with Crippen LogP contribution in [0.2, 0.25) is 5.15 Å². The Balaban J connectivity index is 1.62. The number of aromatic nitrogens is 1. The van der Waals surface area contributed by atoms with Gasteiger partial charge in [-0.15, -0.1) is 0 Å². The van der Waals surface area contributed by atoms with Crippen LogP contribution in [-0.2, 0) is 0 Å². The van der Waals surface area contributed by atoms with Crippen LogP contribution < -0.4 is 11.1 Å². The zero-order valence-electron chi connectivity index (χ0n) is 9.82. The van der Waals surface area contributed by atoms with Crippen LogP contribution >= 0.6 is 11.6 Å². The molecule has 3 N–H and O–H groups in total. The summed E-state index contributed by atoms with van der Waals surface area (Å²) in [5.74, 6) is 3.44. The summed E-state index contributed by atoms with van der Waals surface area (Å²) in [6.07, 6.45) is 5.66. The summed E-state index contributed by atoms with van der Waals surface area (Å²) in [5.41, 5.74) is 6.54. The fourth-order valence-corrected chi connectivity index (χ4v) is 3.59.